The van der Waals surface area contributed by atoms with Crippen molar-refractivity contribution in [2.75, 3.05) is 26.4 Å². The molecule has 0 spiro atoms. The molecule has 3 unspecified atom stereocenters. The fourth-order valence-corrected chi connectivity index (χ4v) is 2.43. The summed E-state index contributed by atoms with van der Waals surface area (Å²) in [6, 6.07) is 0.0782. The normalized spacial score (nSPS) is 37.3. The Morgan fingerprint density at radius 3 is 2.80 bits per heavy atom. The third-order valence-corrected chi connectivity index (χ3v) is 3.46. The van der Waals surface area contributed by atoms with Crippen LogP contribution >= 0.6 is 0 Å². The Hall–Kier alpha value is -0.650. The van der Waals surface area contributed by atoms with Gasteiger partial charge in [0.25, 0.3) is 0 Å². The van der Waals surface area contributed by atoms with Crippen LogP contribution in [0.25, 0.3) is 0 Å². The molecule has 2 fully saturated rings. The first-order valence-electron chi connectivity index (χ1n) is 5.41. The number of carboxylic acid groups (broad SMARTS) is 1. The molecule has 1 aliphatic heterocycles. The van der Waals surface area contributed by atoms with Gasteiger partial charge in [0.15, 0.2) is 0 Å². The molecule has 0 bridgehead atoms. The SMILES string of the molecule is O=C(O)C1CCC1N1CCOCC1CO. The lowest BCUT2D eigenvalue weighted by molar-refractivity contribution is -0.153. The van der Waals surface area contributed by atoms with Gasteiger partial charge >= 0.3 is 5.97 Å². The van der Waals surface area contributed by atoms with Gasteiger partial charge < -0.3 is 14.9 Å². The molecule has 2 aliphatic rings. The Kier molecular flexibility index (Phi) is 3.23. The van der Waals surface area contributed by atoms with Crippen LogP contribution in [-0.4, -0.2) is 59.5 Å². The minimum atomic E-state index is -0.713. The summed E-state index contributed by atoms with van der Waals surface area (Å²) in [7, 11) is 0. The Balaban J connectivity index is 1.98. The smallest absolute Gasteiger partial charge is 0.308 e. The molecule has 1 aliphatic carbocycles. The minimum absolute atomic E-state index is 0.0223. The number of hydrogen-bond donors (Lipinski definition) is 2. The van der Waals surface area contributed by atoms with Gasteiger partial charge in [0.05, 0.1) is 31.8 Å². The summed E-state index contributed by atoms with van der Waals surface area (Å²) >= 11 is 0. The van der Waals surface area contributed by atoms with Gasteiger partial charge in [0.1, 0.15) is 0 Å². The van der Waals surface area contributed by atoms with Crippen molar-refractivity contribution >= 4 is 5.97 Å². The molecule has 0 aromatic rings. The molecular weight excluding hydrogens is 198 g/mol. The number of aliphatic hydroxyl groups is 1. The average molecular weight is 215 g/mol. The zero-order chi connectivity index (χ0) is 10.8. The monoisotopic (exact) mass is 215 g/mol. The molecule has 0 aromatic heterocycles. The Bertz CT molecular complexity index is 246. The van der Waals surface area contributed by atoms with Crippen LogP contribution in [0.1, 0.15) is 12.8 Å². The molecular formula is C10H17NO4. The number of ether oxygens (including phenoxy) is 1. The van der Waals surface area contributed by atoms with E-state index in [0.29, 0.717) is 13.2 Å². The molecule has 0 radical (unpaired) electrons. The molecule has 0 amide bonds. The highest BCUT2D eigenvalue weighted by molar-refractivity contribution is 5.72. The Morgan fingerprint density at radius 1 is 1.47 bits per heavy atom. The average Bonchev–Trinajstić information content (AvgIpc) is 2.16. The lowest BCUT2D eigenvalue weighted by Crippen LogP contribution is -2.59. The number of rotatable bonds is 3. The number of hydrogen-bond acceptors (Lipinski definition) is 4. The number of morpholine rings is 1. The summed E-state index contributed by atoms with van der Waals surface area (Å²) in [5.41, 5.74) is 0. The maximum atomic E-state index is 10.9. The molecule has 3 atom stereocenters. The molecule has 1 saturated carbocycles. The van der Waals surface area contributed by atoms with Crippen LogP contribution in [0.5, 0.6) is 0 Å². The lowest BCUT2D eigenvalue weighted by atomic mass is 9.78. The standard InChI is InChI=1S/C10H17NO4/c12-5-7-6-15-4-3-11(7)9-2-1-8(9)10(13)14/h7-9,12H,1-6H2,(H,13,14). The fourth-order valence-electron chi connectivity index (χ4n) is 2.43. The van der Waals surface area contributed by atoms with E-state index in [2.05, 4.69) is 4.90 Å². The van der Waals surface area contributed by atoms with Crippen LogP contribution < -0.4 is 0 Å². The number of nitrogens with zero attached hydrogens (tertiary/aromatic N) is 1. The molecule has 15 heavy (non-hydrogen) atoms. The van der Waals surface area contributed by atoms with E-state index >= 15 is 0 Å². The van der Waals surface area contributed by atoms with E-state index in [1.807, 2.05) is 0 Å². The van der Waals surface area contributed by atoms with Crippen LogP contribution in [0.4, 0.5) is 0 Å². The van der Waals surface area contributed by atoms with Crippen molar-refractivity contribution in [2.45, 2.75) is 24.9 Å². The minimum Gasteiger partial charge on any atom is -0.481 e. The predicted octanol–water partition coefficient (Wildman–Crippen LogP) is -0.457. The molecule has 1 saturated heterocycles. The van der Waals surface area contributed by atoms with Crippen LogP contribution in [0.2, 0.25) is 0 Å². The molecule has 2 rings (SSSR count). The summed E-state index contributed by atoms with van der Waals surface area (Å²) in [4.78, 5) is 13.0. The Labute approximate surface area is 88.6 Å². The predicted molar refractivity (Wildman–Crippen MR) is 52.5 cm³/mol. The van der Waals surface area contributed by atoms with E-state index in [1.54, 1.807) is 0 Å². The second-order valence-electron chi connectivity index (χ2n) is 4.24. The van der Waals surface area contributed by atoms with Gasteiger partial charge in [-0.2, -0.15) is 0 Å². The zero-order valence-corrected chi connectivity index (χ0v) is 8.63. The maximum absolute atomic E-state index is 10.9. The van der Waals surface area contributed by atoms with E-state index in [9.17, 15) is 9.90 Å². The summed E-state index contributed by atoms with van der Waals surface area (Å²) in [6.07, 6.45) is 1.68. The number of aliphatic carboxylic acids is 1. The summed E-state index contributed by atoms with van der Waals surface area (Å²) in [5, 5.41) is 18.2. The highest BCUT2D eigenvalue weighted by Crippen LogP contribution is 2.34. The molecule has 1 heterocycles. The topological polar surface area (TPSA) is 70.0 Å². The maximum Gasteiger partial charge on any atom is 0.308 e. The third-order valence-electron chi connectivity index (χ3n) is 3.46. The summed E-state index contributed by atoms with van der Waals surface area (Å²) in [5.74, 6) is -0.966. The van der Waals surface area contributed by atoms with Crippen LogP contribution in [0.15, 0.2) is 0 Å². The van der Waals surface area contributed by atoms with Gasteiger partial charge in [0, 0.05) is 12.6 Å². The second kappa shape index (κ2) is 4.47. The van der Waals surface area contributed by atoms with Crippen LogP contribution in [0.3, 0.4) is 0 Å². The van der Waals surface area contributed by atoms with Gasteiger partial charge in [-0.3, -0.25) is 9.69 Å². The number of aliphatic hydroxyl groups excluding tert-OH is 1. The highest BCUT2D eigenvalue weighted by Gasteiger charge is 2.43. The lowest BCUT2D eigenvalue weighted by Gasteiger charge is -2.47. The quantitative estimate of drug-likeness (QED) is 0.667. The number of carbonyl (C=O) groups is 1. The molecule has 86 valence electrons. The van der Waals surface area contributed by atoms with E-state index < -0.39 is 5.97 Å². The van der Waals surface area contributed by atoms with E-state index in [0.717, 1.165) is 19.4 Å². The summed E-state index contributed by atoms with van der Waals surface area (Å²) in [6.45, 7) is 1.93. The Morgan fingerprint density at radius 2 is 2.27 bits per heavy atom. The van der Waals surface area contributed by atoms with Gasteiger partial charge in [-0.25, -0.2) is 0 Å². The van der Waals surface area contributed by atoms with Crippen molar-refractivity contribution in [1.29, 1.82) is 0 Å². The van der Waals surface area contributed by atoms with E-state index in [4.69, 9.17) is 9.84 Å². The summed E-state index contributed by atoms with van der Waals surface area (Å²) < 4.78 is 5.27. The second-order valence-corrected chi connectivity index (χ2v) is 4.24. The van der Waals surface area contributed by atoms with Gasteiger partial charge in [0.2, 0.25) is 0 Å². The van der Waals surface area contributed by atoms with Gasteiger partial charge in [-0.05, 0) is 12.8 Å². The van der Waals surface area contributed by atoms with Crippen molar-refractivity contribution in [3.8, 4) is 0 Å². The van der Waals surface area contributed by atoms with Crippen LogP contribution in [-0.2, 0) is 9.53 Å². The van der Waals surface area contributed by atoms with Gasteiger partial charge in [-0.15, -0.1) is 0 Å². The van der Waals surface area contributed by atoms with Crippen molar-refractivity contribution < 1.29 is 19.7 Å². The van der Waals surface area contributed by atoms with Crippen molar-refractivity contribution in [3.63, 3.8) is 0 Å². The molecule has 2 N–H and O–H groups in total. The first kappa shape index (κ1) is 10.9. The fraction of sp³-hybridized carbons (Fsp3) is 0.900. The largest absolute Gasteiger partial charge is 0.481 e. The van der Waals surface area contributed by atoms with E-state index in [1.165, 1.54) is 0 Å². The first-order valence-corrected chi connectivity index (χ1v) is 5.41. The number of carboxylic acids is 1. The van der Waals surface area contributed by atoms with Crippen molar-refractivity contribution in [1.82, 2.24) is 4.90 Å². The third kappa shape index (κ3) is 2.00. The molecule has 0 aromatic carbocycles. The van der Waals surface area contributed by atoms with Crippen molar-refractivity contribution in [2.24, 2.45) is 5.92 Å². The zero-order valence-electron chi connectivity index (χ0n) is 8.63. The highest BCUT2D eigenvalue weighted by atomic mass is 16.5. The molecule has 5 nitrogen and oxygen atoms in total. The van der Waals surface area contributed by atoms with Crippen LogP contribution in [0, 0.1) is 5.92 Å². The van der Waals surface area contributed by atoms with Crippen molar-refractivity contribution in [3.05, 3.63) is 0 Å². The molecule has 5 heteroatoms. The van der Waals surface area contributed by atoms with E-state index in [-0.39, 0.29) is 24.6 Å². The van der Waals surface area contributed by atoms with Gasteiger partial charge in [-0.1, -0.05) is 0 Å². The first-order chi connectivity index (χ1) is 7.24.